The maximum Gasteiger partial charge on any atom is 0.417 e. The summed E-state index contributed by atoms with van der Waals surface area (Å²) in [6.45, 7) is 0.934. The fourth-order valence-electron chi connectivity index (χ4n) is 2.25. The van der Waals surface area contributed by atoms with Gasteiger partial charge in [-0.05, 0) is 31.0 Å². The molecule has 1 atom stereocenters. The van der Waals surface area contributed by atoms with E-state index in [2.05, 4.69) is 0 Å². The molecule has 1 saturated heterocycles. The van der Waals surface area contributed by atoms with Gasteiger partial charge in [0.1, 0.15) is 0 Å². The fraction of sp³-hybridized carbons (Fsp3) is 0.462. The highest BCUT2D eigenvalue weighted by molar-refractivity contribution is 5.55. The SMILES string of the molecule is N#Cc1ccc(N2CCC[C@H](O)C2)cc1C(F)(F)F. The first-order valence-electron chi connectivity index (χ1n) is 5.96. The third kappa shape index (κ3) is 2.99. The van der Waals surface area contributed by atoms with Crippen molar-refractivity contribution in [2.75, 3.05) is 18.0 Å². The van der Waals surface area contributed by atoms with E-state index in [4.69, 9.17) is 5.26 Å². The number of hydrogen-bond donors (Lipinski definition) is 1. The molecule has 0 aromatic heterocycles. The molecule has 0 bridgehead atoms. The van der Waals surface area contributed by atoms with E-state index >= 15 is 0 Å². The van der Waals surface area contributed by atoms with E-state index in [0.717, 1.165) is 12.5 Å². The lowest BCUT2D eigenvalue weighted by Crippen LogP contribution is -2.38. The van der Waals surface area contributed by atoms with Gasteiger partial charge in [0, 0.05) is 18.8 Å². The Morgan fingerprint density at radius 2 is 2.11 bits per heavy atom. The number of alkyl halides is 3. The molecule has 3 nitrogen and oxygen atoms in total. The smallest absolute Gasteiger partial charge is 0.391 e. The quantitative estimate of drug-likeness (QED) is 0.853. The second kappa shape index (κ2) is 5.10. The summed E-state index contributed by atoms with van der Waals surface area (Å²) in [6, 6.07) is 5.21. The third-order valence-corrected chi connectivity index (χ3v) is 3.19. The maximum atomic E-state index is 12.8. The summed E-state index contributed by atoms with van der Waals surface area (Å²) in [7, 11) is 0. The Labute approximate surface area is 108 Å². The molecule has 102 valence electrons. The van der Waals surface area contributed by atoms with Crippen molar-refractivity contribution in [3.63, 3.8) is 0 Å². The molecular formula is C13H13F3N2O. The zero-order valence-electron chi connectivity index (χ0n) is 10.1. The van der Waals surface area contributed by atoms with E-state index in [-0.39, 0.29) is 5.56 Å². The van der Waals surface area contributed by atoms with Gasteiger partial charge in [-0.1, -0.05) is 0 Å². The van der Waals surface area contributed by atoms with Gasteiger partial charge in [-0.15, -0.1) is 0 Å². The molecule has 0 amide bonds. The van der Waals surface area contributed by atoms with Crippen LogP contribution in [0.4, 0.5) is 18.9 Å². The van der Waals surface area contributed by atoms with Crippen molar-refractivity contribution in [1.82, 2.24) is 0 Å². The number of hydrogen-bond acceptors (Lipinski definition) is 3. The molecule has 0 aliphatic carbocycles. The van der Waals surface area contributed by atoms with Crippen LogP contribution in [-0.4, -0.2) is 24.3 Å². The number of β-amino-alcohol motifs (C(OH)–C–C–N with tert-alkyl or cyclic N) is 1. The van der Waals surface area contributed by atoms with Crippen LogP contribution in [-0.2, 0) is 6.18 Å². The summed E-state index contributed by atoms with van der Waals surface area (Å²) in [4.78, 5) is 1.71. The minimum Gasteiger partial charge on any atom is -0.391 e. The molecule has 2 rings (SSSR count). The number of nitrogens with zero attached hydrogens (tertiary/aromatic N) is 2. The molecule has 1 aromatic rings. The number of benzene rings is 1. The normalized spacial score (nSPS) is 20.2. The van der Waals surface area contributed by atoms with Crippen LogP contribution >= 0.6 is 0 Å². The summed E-state index contributed by atoms with van der Waals surface area (Å²) in [5, 5.41) is 18.3. The Morgan fingerprint density at radius 1 is 1.37 bits per heavy atom. The van der Waals surface area contributed by atoms with Crippen LogP contribution in [0.25, 0.3) is 0 Å². The molecular weight excluding hydrogens is 257 g/mol. The first-order chi connectivity index (χ1) is 8.91. The van der Waals surface area contributed by atoms with Crippen LogP contribution in [0.5, 0.6) is 0 Å². The van der Waals surface area contributed by atoms with Crippen LogP contribution in [0.1, 0.15) is 24.0 Å². The highest BCUT2D eigenvalue weighted by Crippen LogP contribution is 2.34. The van der Waals surface area contributed by atoms with Crippen molar-refractivity contribution in [2.24, 2.45) is 0 Å². The summed E-state index contributed by atoms with van der Waals surface area (Å²) in [5.74, 6) is 0. The molecule has 1 aliphatic rings. The van der Waals surface area contributed by atoms with Gasteiger partial charge in [-0.3, -0.25) is 0 Å². The van der Waals surface area contributed by atoms with Gasteiger partial charge in [-0.25, -0.2) is 0 Å². The molecule has 6 heteroatoms. The molecule has 19 heavy (non-hydrogen) atoms. The maximum absolute atomic E-state index is 12.8. The summed E-state index contributed by atoms with van der Waals surface area (Å²) >= 11 is 0. The number of halogens is 3. The van der Waals surface area contributed by atoms with E-state index in [0.29, 0.717) is 25.2 Å². The Balaban J connectivity index is 2.35. The molecule has 0 saturated carbocycles. The van der Waals surface area contributed by atoms with Crippen molar-refractivity contribution < 1.29 is 18.3 Å². The van der Waals surface area contributed by atoms with Crippen LogP contribution in [0.15, 0.2) is 18.2 Å². The van der Waals surface area contributed by atoms with Crippen LogP contribution in [0.2, 0.25) is 0 Å². The number of piperidine rings is 1. The molecule has 0 radical (unpaired) electrons. The standard InChI is InChI=1S/C13H13F3N2O/c14-13(15,16)12-6-10(4-3-9(12)7-17)18-5-1-2-11(19)8-18/h3-4,6,11,19H,1-2,5,8H2/t11-/m0/s1. The number of aliphatic hydroxyl groups is 1. The Hall–Kier alpha value is -1.74. The zero-order valence-corrected chi connectivity index (χ0v) is 10.1. The molecule has 1 aromatic carbocycles. The zero-order chi connectivity index (χ0) is 14.0. The summed E-state index contributed by atoms with van der Waals surface area (Å²) in [5.41, 5.74) is -0.911. The van der Waals surface area contributed by atoms with Gasteiger partial charge in [0.2, 0.25) is 0 Å². The van der Waals surface area contributed by atoms with E-state index in [1.54, 1.807) is 11.0 Å². The monoisotopic (exact) mass is 270 g/mol. The largest absolute Gasteiger partial charge is 0.417 e. The van der Waals surface area contributed by atoms with Crippen molar-refractivity contribution in [3.05, 3.63) is 29.3 Å². The minimum absolute atomic E-state index is 0.323. The van der Waals surface area contributed by atoms with Crippen LogP contribution in [0.3, 0.4) is 0 Å². The second-order valence-corrected chi connectivity index (χ2v) is 4.58. The fourth-order valence-corrected chi connectivity index (χ4v) is 2.25. The summed E-state index contributed by atoms with van der Waals surface area (Å²) in [6.07, 6.45) is -3.66. The Kier molecular flexibility index (Phi) is 3.67. The number of nitriles is 1. The predicted octanol–water partition coefficient (Wildman–Crippen LogP) is 2.54. The van der Waals surface area contributed by atoms with Gasteiger partial charge in [0.15, 0.2) is 0 Å². The van der Waals surface area contributed by atoms with E-state index in [1.165, 1.54) is 12.1 Å². The van der Waals surface area contributed by atoms with Crippen molar-refractivity contribution in [1.29, 1.82) is 5.26 Å². The Bertz CT molecular complexity index is 508. The molecule has 1 N–H and O–H groups in total. The lowest BCUT2D eigenvalue weighted by atomic mass is 10.0. The van der Waals surface area contributed by atoms with Crippen molar-refractivity contribution >= 4 is 5.69 Å². The molecule has 1 heterocycles. The van der Waals surface area contributed by atoms with Crippen molar-refractivity contribution in [3.8, 4) is 6.07 Å². The predicted molar refractivity (Wildman–Crippen MR) is 63.6 cm³/mol. The Morgan fingerprint density at radius 3 is 2.68 bits per heavy atom. The van der Waals surface area contributed by atoms with E-state index < -0.39 is 17.8 Å². The topological polar surface area (TPSA) is 47.3 Å². The van der Waals surface area contributed by atoms with Crippen molar-refractivity contribution in [2.45, 2.75) is 25.1 Å². The first-order valence-corrected chi connectivity index (χ1v) is 5.96. The van der Waals surface area contributed by atoms with Gasteiger partial charge in [0.05, 0.1) is 23.3 Å². The highest BCUT2D eigenvalue weighted by Gasteiger charge is 2.34. The van der Waals surface area contributed by atoms with Gasteiger partial charge >= 0.3 is 6.18 Å². The van der Waals surface area contributed by atoms with Crippen LogP contribution < -0.4 is 4.90 Å². The van der Waals surface area contributed by atoms with E-state index in [9.17, 15) is 18.3 Å². The molecule has 0 spiro atoms. The second-order valence-electron chi connectivity index (χ2n) is 4.58. The van der Waals surface area contributed by atoms with Gasteiger partial charge < -0.3 is 10.0 Å². The van der Waals surface area contributed by atoms with Gasteiger partial charge in [-0.2, -0.15) is 18.4 Å². The molecule has 0 unspecified atom stereocenters. The molecule has 1 aliphatic heterocycles. The average molecular weight is 270 g/mol. The average Bonchev–Trinajstić information content (AvgIpc) is 2.37. The van der Waals surface area contributed by atoms with E-state index in [1.807, 2.05) is 0 Å². The number of aliphatic hydroxyl groups excluding tert-OH is 1. The van der Waals surface area contributed by atoms with Gasteiger partial charge in [0.25, 0.3) is 0 Å². The number of rotatable bonds is 1. The lowest BCUT2D eigenvalue weighted by molar-refractivity contribution is -0.137. The third-order valence-electron chi connectivity index (χ3n) is 3.19. The van der Waals surface area contributed by atoms with Crippen LogP contribution in [0, 0.1) is 11.3 Å². The molecule has 1 fully saturated rings. The number of anilines is 1. The minimum atomic E-state index is -4.55. The summed E-state index contributed by atoms with van der Waals surface area (Å²) < 4.78 is 38.5. The highest BCUT2D eigenvalue weighted by atomic mass is 19.4. The lowest BCUT2D eigenvalue weighted by Gasteiger charge is -2.32. The first kappa shape index (κ1) is 13.7.